The number of cyclic esters (lactones) is 1. The molecule has 3 fully saturated rings. The molecule has 15 unspecified atom stereocenters. The van der Waals surface area contributed by atoms with Crippen molar-refractivity contribution in [2.75, 3.05) is 40.6 Å². The molecule has 4 rings (SSSR count). The van der Waals surface area contributed by atoms with E-state index in [2.05, 4.69) is 0 Å². The Morgan fingerprint density at radius 3 is 2.31 bits per heavy atom. The zero-order chi connectivity index (χ0) is 54.7. The van der Waals surface area contributed by atoms with Crippen molar-refractivity contribution in [2.24, 2.45) is 41.4 Å². The van der Waals surface area contributed by atoms with Gasteiger partial charge in [0.2, 0.25) is 5.79 Å². The Kier molecular flexibility index (Phi) is 26.0. The van der Waals surface area contributed by atoms with E-state index in [0.717, 1.165) is 12.0 Å². The number of methoxy groups -OCH3 is 2. The SMILES string of the molecule is CCC1C(=O)C(C)CC(C)/C=C/C=C/C=C(\C)C(OCCOC)CC2CCC(C)C(O)(O2)C(=O)C(=O)N2CCCCC2C(=O)OC(C(C)CC2CCC(OCCCC(=O)O)C(OC)C2)CC(=O)C(C)/C=C(\C)C1O. The molecule has 1 amide bonds. The Bertz CT molecular complexity index is 1980. The number of esters is 1. The Balaban J connectivity index is 1.69. The fourth-order valence-corrected chi connectivity index (χ4v) is 11.3. The number of fused-ring (bicyclic) bond motifs is 3. The van der Waals surface area contributed by atoms with Gasteiger partial charge in [-0.15, -0.1) is 0 Å². The van der Waals surface area contributed by atoms with Gasteiger partial charge in [0, 0.05) is 70.3 Å². The van der Waals surface area contributed by atoms with Crippen LogP contribution in [0.5, 0.6) is 0 Å². The highest BCUT2D eigenvalue weighted by molar-refractivity contribution is 6.39. The van der Waals surface area contributed by atoms with Crippen LogP contribution in [-0.4, -0.2) is 144 Å². The van der Waals surface area contributed by atoms with Crippen LogP contribution in [0.3, 0.4) is 0 Å². The molecule has 0 aromatic heterocycles. The van der Waals surface area contributed by atoms with E-state index in [0.29, 0.717) is 83.0 Å². The summed E-state index contributed by atoms with van der Waals surface area (Å²) in [5.74, 6) is -9.27. The lowest BCUT2D eigenvalue weighted by Gasteiger charge is -2.43. The molecule has 2 bridgehead atoms. The molecule has 3 N–H and O–H groups in total. The molecule has 74 heavy (non-hydrogen) atoms. The maximum atomic E-state index is 14.6. The molecular weight excluding hydrogens is 951 g/mol. The molecule has 15 atom stereocenters. The maximum Gasteiger partial charge on any atom is 0.329 e. The molecular formula is C58H91NO15. The Morgan fingerprint density at radius 1 is 0.878 bits per heavy atom. The number of carbonyl (C=O) groups is 6. The van der Waals surface area contributed by atoms with E-state index in [-0.39, 0.29) is 86.3 Å². The number of Topliss-reactive ketones (excluding diaryl/α,β-unsaturated/α-hetero) is 3. The van der Waals surface area contributed by atoms with Crippen LogP contribution < -0.4 is 0 Å². The minimum atomic E-state index is -2.47. The summed E-state index contributed by atoms with van der Waals surface area (Å²) in [6.07, 6.45) is 14.0. The van der Waals surface area contributed by atoms with Crippen molar-refractivity contribution in [1.29, 1.82) is 0 Å². The van der Waals surface area contributed by atoms with Gasteiger partial charge >= 0.3 is 11.9 Å². The maximum absolute atomic E-state index is 14.6. The van der Waals surface area contributed by atoms with Crippen molar-refractivity contribution < 1.29 is 72.5 Å². The van der Waals surface area contributed by atoms with Crippen molar-refractivity contribution in [3.8, 4) is 0 Å². The fourth-order valence-electron chi connectivity index (χ4n) is 11.3. The van der Waals surface area contributed by atoms with E-state index >= 15 is 0 Å². The van der Waals surface area contributed by atoms with Gasteiger partial charge in [-0.1, -0.05) is 78.0 Å². The average molecular weight is 1040 g/mol. The second-order valence-electron chi connectivity index (χ2n) is 21.9. The summed E-state index contributed by atoms with van der Waals surface area (Å²) in [6, 6.07) is -1.16. The largest absolute Gasteiger partial charge is 0.481 e. The number of allylic oxidation sites excluding steroid dienone is 6. The highest BCUT2D eigenvalue weighted by Gasteiger charge is 2.53. The average Bonchev–Trinajstić information content (AvgIpc) is 3.37. The fraction of sp³-hybridized carbons (Fsp3) is 0.759. The Hall–Kier alpha value is -3.90. The molecule has 1 saturated carbocycles. The number of amides is 1. The number of hydrogen-bond donors (Lipinski definition) is 3. The van der Waals surface area contributed by atoms with Crippen LogP contribution in [0.15, 0.2) is 47.6 Å². The van der Waals surface area contributed by atoms with E-state index in [1.54, 1.807) is 41.1 Å². The summed E-state index contributed by atoms with van der Waals surface area (Å²) >= 11 is 0. The van der Waals surface area contributed by atoms with E-state index in [4.69, 9.17) is 33.5 Å². The number of carbonyl (C=O) groups excluding carboxylic acids is 5. The van der Waals surface area contributed by atoms with Gasteiger partial charge in [0.1, 0.15) is 23.7 Å². The van der Waals surface area contributed by atoms with Gasteiger partial charge in [-0.3, -0.25) is 24.0 Å². The van der Waals surface area contributed by atoms with Crippen molar-refractivity contribution in [3.05, 3.63) is 47.6 Å². The first-order valence-corrected chi connectivity index (χ1v) is 27.5. The molecule has 0 aromatic rings. The molecule has 3 heterocycles. The number of piperidine rings is 1. The number of rotatable bonds is 14. The lowest BCUT2D eigenvalue weighted by atomic mass is 9.78. The van der Waals surface area contributed by atoms with Gasteiger partial charge in [0.25, 0.3) is 11.7 Å². The topological polar surface area (TPSA) is 222 Å². The summed E-state index contributed by atoms with van der Waals surface area (Å²) in [4.78, 5) is 84.0. The number of nitrogens with zero attached hydrogens (tertiary/aromatic N) is 1. The second-order valence-corrected chi connectivity index (χ2v) is 21.9. The number of hydrogen-bond acceptors (Lipinski definition) is 14. The van der Waals surface area contributed by atoms with Gasteiger partial charge in [-0.05, 0) is 120 Å². The zero-order valence-corrected chi connectivity index (χ0v) is 46.2. The van der Waals surface area contributed by atoms with Crippen LogP contribution in [0, 0.1) is 41.4 Å². The van der Waals surface area contributed by atoms with Crippen LogP contribution in [0.1, 0.15) is 152 Å². The van der Waals surface area contributed by atoms with Crippen molar-refractivity contribution >= 4 is 35.2 Å². The first kappa shape index (κ1) is 62.6. The molecule has 1 aliphatic carbocycles. The van der Waals surface area contributed by atoms with E-state index < -0.39 is 77.6 Å². The smallest absolute Gasteiger partial charge is 0.329 e. The third-order valence-electron chi connectivity index (χ3n) is 16.0. The monoisotopic (exact) mass is 1040 g/mol. The molecule has 2 saturated heterocycles. The highest BCUT2D eigenvalue weighted by atomic mass is 16.6. The first-order chi connectivity index (χ1) is 35.1. The first-order valence-electron chi connectivity index (χ1n) is 27.5. The second kappa shape index (κ2) is 30.7. The van der Waals surface area contributed by atoms with E-state index in [1.165, 1.54) is 4.90 Å². The Labute approximate surface area is 441 Å². The number of carboxylic acid groups (broad SMARTS) is 1. The predicted molar refractivity (Wildman–Crippen MR) is 280 cm³/mol. The van der Waals surface area contributed by atoms with Crippen molar-refractivity contribution in [2.45, 2.75) is 200 Å². The summed E-state index contributed by atoms with van der Waals surface area (Å²) in [5.41, 5.74) is 1.36. The molecule has 0 radical (unpaired) electrons. The quantitative estimate of drug-likeness (QED) is 0.0647. The minimum Gasteiger partial charge on any atom is -0.481 e. The van der Waals surface area contributed by atoms with Crippen LogP contribution in [0.4, 0.5) is 0 Å². The van der Waals surface area contributed by atoms with Gasteiger partial charge in [-0.25, -0.2) is 4.79 Å². The molecule has 16 nitrogen and oxygen atoms in total. The Morgan fingerprint density at radius 2 is 1.62 bits per heavy atom. The molecule has 3 aliphatic heterocycles. The number of ketones is 3. The molecule has 418 valence electrons. The summed E-state index contributed by atoms with van der Waals surface area (Å²) in [7, 11) is 3.20. The third kappa shape index (κ3) is 18.1. The van der Waals surface area contributed by atoms with Crippen molar-refractivity contribution in [3.63, 3.8) is 0 Å². The van der Waals surface area contributed by atoms with Gasteiger partial charge < -0.3 is 48.6 Å². The number of aliphatic hydroxyl groups is 2. The summed E-state index contributed by atoms with van der Waals surface area (Å²) in [5, 5.41) is 32.9. The molecule has 0 spiro atoms. The number of aliphatic hydroxyl groups excluding tert-OH is 1. The molecule has 0 aromatic carbocycles. The molecule has 16 heteroatoms. The van der Waals surface area contributed by atoms with Crippen LogP contribution in [0.2, 0.25) is 0 Å². The van der Waals surface area contributed by atoms with E-state index in [1.807, 2.05) is 65.0 Å². The van der Waals surface area contributed by atoms with Gasteiger partial charge in [0.15, 0.2) is 0 Å². The minimum absolute atomic E-state index is 0.0101. The zero-order valence-electron chi connectivity index (χ0n) is 46.2. The highest BCUT2D eigenvalue weighted by Crippen LogP contribution is 2.38. The predicted octanol–water partition coefficient (Wildman–Crippen LogP) is 8.10. The number of ether oxygens (including phenoxy) is 6. The lowest BCUT2D eigenvalue weighted by molar-refractivity contribution is -0.266. The third-order valence-corrected chi connectivity index (χ3v) is 16.0. The normalized spacial score (nSPS) is 36.9. The van der Waals surface area contributed by atoms with Crippen LogP contribution in [0.25, 0.3) is 0 Å². The van der Waals surface area contributed by atoms with Gasteiger partial charge in [0.05, 0.1) is 43.7 Å². The van der Waals surface area contributed by atoms with Gasteiger partial charge in [-0.2, -0.15) is 0 Å². The summed E-state index contributed by atoms with van der Waals surface area (Å²) < 4.78 is 36.0. The standard InChI is InChI=1S/C58H91NO15/c1-11-45-53(63)40(6)30-36(2)18-13-12-14-19-37(3)49(72-29-28-69-9)34-44-24-22-42(8)58(68,74-44)55(65)56(66)59-26-16-15-20-46(59)57(67)73-50(35-47(60)38(4)31-41(7)54(45)64)39(5)32-43-23-25-48(51(33-43)70-10)71-27-17-21-52(61)62/h12-14,18-19,31,36,38-40,42-46,48-51,54,64,68H,11,15-17,20-30,32-35H2,1-10H3,(H,61,62)/b14-12+,18-13+,37-19+,41-31+. The number of aliphatic carboxylic acids is 1. The summed E-state index contributed by atoms with van der Waals surface area (Å²) in [6.45, 7) is 15.8. The van der Waals surface area contributed by atoms with Crippen LogP contribution >= 0.6 is 0 Å². The van der Waals surface area contributed by atoms with Crippen molar-refractivity contribution in [1.82, 2.24) is 4.90 Å². The van der Waals surface area contributed by atoms with E-state index in [9.17, 15) is 39.0 Å². The lowest BCUT2D eigenvalue weighted by Crippen LogP contribution is -2.61. The number of carboxylic acids is 1. The van der Waals surface area contributed by atoms with Crippen LogP contribution in [-0.2, 0) is 57.2 Å². The molecule has 4 aliphatic rings.